The molecule has 14 heavy (non-hydrogen) atoms. The van der Waals surface area contributed by atoms with E-state index in [-0.39, 0.29) is 5.41 Å². The quantitative estimate of drug-likeness (QED) is 0.567. The van der Waals surface area contributed by atoms with Gasteiger partial charge in [0.05, 0.1) is 0 Å². The van der Waals surface area contributed by atoms with E-state index in [0.717, 1.165) is 11.1 Å². The zero-order valence-electron chi connectivity index (χ0n) is 10.1. The minimum Gasteiger partial charge on any atom is -0.0955 e. The predicted molar refractivity (Wildman–Crippen MR) is 66.3 cm³/mol. The fourth-order valence-electron chi connectivity index (χ4n) is 0.701. The van der Waals surface area contributed by atoms with E-state index in [9.17, 15) is 0 Å². The Hall–Kier alpha value is -1.04. The molecule has 0 aliphatic heterocycles. The summed E-state index contributed by atoms with van der Waals surface area (Å²) in [5, 5.41) is 0. The van der Waals surface area contributed by atoms with Gasteiger partial charge >= 0.3 is 0 Å². The van der Waals surface area contributed by atoms with Crippen LogP contribution in [0.25, 0.3) is 0 Å². The maximum absolute atomic E-state index is 3.90. The first-order valence-electron chi connectivity index (χ1n) is 4.95. The van der Waals surface area contributed by atoms with E-state index in [2.05, 4.69) is 46.9 Å². The molecule has 0 radical (unpaired) electrons. The maximum atomic E-state index is 3.90. The average Bonchev–Trinajstić information content (AvgIpc) is 2.01. The van der Waals surface area contributed by atoms with E-state index in [1.165, 1.54) is 5.57 Å². The first-order chi connectivity index (χ1) is 6.25. The molecule has 0 aromatic rings. The normalized spacial score (nSPS) is 13.4. The van der Waals surface area contributed by atoms with Crippen LogP contribution >= 0.6 is 0 Å². The largest absolute Gasteiger partial charge is 0.0955 e. The van der Waals surface area contributed by atoms with Crippen LogP contribution in [0.1, 0.15) is 34.6 Å². The van der Waals surface area contributed by atoms with Crippen molar-refractivity contribution in [2.75, 3.05) is 0 Å². The summed E-state index contributed by atoms with van der Waals surface area (Å²) in [7, 11) is 0. The summed E-state index contributed by atoms with van der Waals surface area (Å²) in [5.74, 6) is 0. The molecule has 78 valence electrons. The summed E-state index contributed by atoms with van der Waals surface area (Å²) in [6.45, 7) is 18.5. The molecule has 0 spiro atoms. The fourth-order valence-corrected chi connectivity index (χ4v) is 0.701. The molecule has 0 saturated heterocycles. The smallest absolute Gasteiger partial charge is 0.0173 e. The van der Waals surface area contributed by atoms with E-state index in [1.54, 1.807) is 0 Å². The number of allylic oxidation sites excluding steroid dienone is 6. The molecule has 0 aromatic carbocycles. The Balaban J connectivity index is 4.44. The third-order valence-electron chi connectivity index (χ3n) is 2.37. The van der Waals surface area contributed by atoms with Crippen LogP contribution in [0.15, 0.2) is 48.1 Å². The number of hydrogen-bond donors (Lipinski definition) is 0. The Labute approximate surface area is 88.7 Å². The third-order valence-corrected chi connectivity index (χ3v) is 2.37. The van der Waals surface area contributed by atoms with Gasteiger partial charge in [0.2, 0.25) is 0 Å². The van der Waals surface area contributed by atoms with Crippen molar-refractivity contribution in [1.29, 1.82) is 0 Å². The lowest BCUT2D eigenvalue weighted by atomic mass is 9.87. The molecule has 0 N–H and O–H groups in total. The second kappa shape index (κ2) is 4.99. The van der Waals surface area contributed by atoms with Crippen molar-refractivity contribution >= 4 is 0 Å². The molecule has 0 heteroatoms. The average molecular weight is 190 g/mol. The molecule has 0 unspecified atom stereocenters. The van der Waals surface area contributed by atoms with Crippen LogP contribution in [0, 0.1) is 5.41 Å². The Kier molecular flexibility index (Phi) is 4.62. The van der Waals surface area contributed by atoms with Crippen molar-refractivity contribution in [3.8, 4) is 0 Å². The van der Waals surface area contributed by atoms with Crippen LogP contribution in [0.3, 0.4) is 0 Å². The zero-order valence-corrected chi connectivity index (χ0v) is 10.1. The van der Waals surface area contributed by atoms with Gasteiger partial charge in [-0.25, -0.2) is 0 Å². The number of hydrogen-bond acceptors (Lipinski definition) is 0. The van der Waals surface area contributed by atoms with Gasteiger partial charge in [0, 0.05) is 0 Å². The zero-order chi connectivity index (χ0) is 11.4. The van der Waals surface area contributed by atoms with E-state index in [4.69, 9.17) is 0 Å². The SMILES string of the molecule is C=C(C)C(=C)/C=C\C=C(/C)C(C)(C)C. The summed E-state index contributed by atoms with van der Waals surface area (Å²) in [4.78, 5) is 0. The van der Waals surface area contributed by atoms with Gasteiger partial charge in [0.15, 0.2) is 0 Å². The Morgan fingerprint density at radius 1 is 1.07 bits per heavy atom. The van der Waals surface area contributed by atoms with Gasteiger partial charge in [-0.15, -0.1) is 0 Å². The highest BCUT2D eigenvalue weighted by Gasteiger charge is 2.10. The summed E-state index contributed by atoms with van der Waals surface area (Å²) in [6, 6.07) is 0. The van der Waals surface area contributed by atoms with E-state index in [1.807, 2.05) is 19.1 Å². The van der Waals surface area contributed by atoms with Gasteiger partial charge in [-0.05, 0) is 24.8 Å². The minimum absolute atomic E-state index is 0.245. The first-order valence-corrected chi connectivity index (χ1v) is 4.95. The highest BCUT2D eigenvalue weighted by Crippen LogP contribution is 2.24. The Morgan fingerprint density at radius 2 is 1.57 bits per heavy atom. The molecule has 0 heterocycles. The summed E-state index contributed by atoms with van der Waals surface area (Å²) in [6.07, 6.45) is 6.17. The van der Waals surface area contributed by atoms with Crippen LogP contribution in [0.5, 0.6) is 0 Å². The van der Waals surface area contributed by atoms with E-state index < -0.39 is 0 Å². The van der Waals surface area contributed by atoms with Crippen LogP contribution in [0.4, 0.5) is 0 Å². The van der Waals surface area contributed by atoms with Gasteiger partial charge in [0.1, 0.15) is 0 Å². The Bertz CT molecular complexity index is 280. The highest BCUT2D eigenvalue weighted by molar-refractivity contribution is 5.35. The molecule has 0 nitrogen and oxygen atoms in total. The topological polar surface area (TPSA) is 0 Å². The van der Waals surface area contributed by atoms with Gasteiger partial charge < -0.3 is 0 Å². The number of rotatable bonds is 3. The lowest BCUT2D eigenvalue weighted by molar-refractivity contribution is 0.504. The molecule has 0 atom stereocenters. The van der Waals surface area contributed by atoms with Crippen LogP contribution in [-0.4, -0.2) is 0 Å². The molecular formula is C14H22. The van der Waals surface area contributed by atoms with Crippen LogP contribution < -0.4 is 0 Å². The van der Waals surface area contributed by atoms with Crippen molar-refractivity contribution in [3.63, 3.8) is 0 Å². The Morgan fingerprint density at radius 3 is 1.93 bits per heavy atom. The molecule has 0 fully saturated rings. The van der Waals surface area contributed by atoms with Gasteiger partial charge in [-0.3, -0.25) is 0 Å². The van der Waals surface area contributed by atoms with Gasteiger partial charge in [-0.1, -0.05) is 63.3 Å². The predicted octanol–water partition coefficient (Wildman–Crippen LogP) is 4.67. The van der Waals surface area contributed by atoms with Gasteiger partial charge in [-0.2, -0.15) is 0 Å². The molecule has 0 aromatic heterocycles. The van der Waals surface area contributed by atoms with Crippen molar-refractivity contribution in [1.82, 2.24) is 0 Å². The molecule has 0 saturated carbocycles. The van der Waals surface area contributed by atoms with Crippen molar-refractivity contribution in [2.24, 2.45) is 5.41 Å². The molecule has 0 amide bonds. The third kappa shape index (κ3) is 4.86. The highest BCUT2D eigenvalue weighted by atomic mass is 14.2. The second-order valence-electron chi connectivity index (χ2n) is 4.76. The lowest BCUT2D eigenvalue weighted by Gasteiger charge is -2.18. The standard InChI is InChI=1S/C14H22/c1-11(2)12(3)9-8-10-13(4)14(5,6)7/h8-10H,1,3H2,2,4-7H3/b9-8-,13-10+. The summed E-state index contributed by atoms with van der Waals surface area (Å²) in [5.41, 5.74) is 3.61. The fraction of sp³-hybridized carbons (Fsp3) is 0.429. The van der Waals surface area contributed by atoms with Crippen molar-refractivity contribution in [3.05, 3.63) is 48.1 Å². The maximum Gasteiger partial charge on any atom is -0.0173 e. The van der Waals surface area contributed by atoms with Crippen LogP contribution in [0.2, 0.25) is 0 Å². The summed E-state index contributed by atoms with van der Waals surface area (Å²) < 4.78 is 0. The van der Waals surface area contributed by atoms with E-state index in [0.29, 0.717) is 0 Å². The molecule has 0 aliphatic carbocycles. The van der Waals surface area contributed by atoms with Gasteiger partial charge in [0.25, 0.3) is 0 Å². The van der Waals surface area contributed by atoms with Crippen molar-refractivity contribution < 1.29 is 0 Å². The van der Waals surface area contributed by atoms with Crippen molar-refractivity contribution in [2.45, 2.75) is 34.6 Å². The first kappa shape index (κ1) is 13.0. The monoisotopic (exact) mass is 190 g/mol. The molecule has 0 rings (SSSR count). The molecular weight excluding hydrogens is 168 g/mol. The molecule has 0 aliphatic rings. The molecule has 0 bridgehead atoms. The second-order valence-corrected chi connectivity index (χ2v) is 4.76. The van der Waals surface area contributed by atoms with E-state index >= 15 is 0 Å². The summed E-state index contributed by atoms with van der Waals surface area (Å²) >= 11 is 0. The van der Waals surface area contributed by atoms with Crippen LogP contribution in [-0.2, 0) is 0 Å². The minimum atomic E-state index is 0.245. The lowest BCUT2D eigenvalue weighted by Crippen LogP contribution is -2.05.